The molecule has 1 N–H and O–H groups in total. The maximum absolute atomic E-state index is 12.6. The van der Waals surface area contributed by atoms with Crippen LogP contribution in [0.15, 0.2) is 46.1 Å². The lowest BCUT2D eigenvalue weighted by molar-refractivity contribution is -0.126. The highest BCUT2D eigenvalue weighted by molar-refractivity contribution is 7.91. The molecular weight excluding hydrogens is 358 g/mol. The average Bonchev–Trinajstić information content (AvgIpc) is 3.18. The van der Waals surface area contributed by atoms with E-state index in [9.17, 15) is 13.2 Å². The second kappa shape index (κ2) is 8.07. The molecule has 1 saturated heterocycles. The Hall–Kier alpha value is -1.77. The summed E-state index contributed by atoms with van der Waals surface area (Å²) in [5.41, 5.74) is 0.924. The van der Waals surface area contributed by atoms with Crippen LogP contribution in [0.25, 0.3) is 0 Å². The van der Waals surface area contributed by atoms with Crippen LogP contribution in [0.5, 0.6) is 0 Å². The monoisotopic (exact) mass is 379 g/mol. The van der Waals surface area contributed by atoms with E-state index >= 15 is 0 Å². The molecule has 1 aliphatic heterocycles. The third-order valence-electron chi connectivity index (χ3n) is 4.25. The number of nitrogens with zero attached hydrogens (tertiary/aromatic N) is 2. The Morgan fingerprint density at radius 1 is 1.32 bits per heavy atom. The van der Waals surface area contributed by atoms with Gasteiger partial charge in [-0.15, -0.1) is 11.3 Å². The van der Waals surface area contributed by atoms with Gasteiger partial charge in [0.15, 0.2) is 0 Å². The number of nitrogens with one attached hydrogen (secondary N) is 1. The average molecular weight is 380 g/mol. The van der Waals surface area contributed by atoms with E-state index in [1.54, 1.807) is 23.7 Å². The normalized spacial score (nSPS) is 18.8. The van der Waals surface area contributed by atoms with E-state index in [1.165, 1.54) is 15.6 Å². The van der Waals surface area contributed by atoms with Crippen molar-refractivity contribution in [2.24, 2.45) is 5.92 Å². The molecule has 2 aromatic heterocycles. The van der Waals surface area contributed by atoms with Crippen LogP contribution < -0.4 is 5.32 Å². The number of hydrogen-bond acceptors (Lipinski definition) is 5. The van der Waals surface area contributed by atoms with Crippen LogP contribution in [-0.4, -0.2) is 43.2 Å². The molecule has 8 heteroatoms. The van der Waals surface area contributed by atoms with E-state index in [1.807, 2.05) is 18.2 Å². The van der Waals surface area contributed by atoms with Gasteiger partial charge in [-0.2, -0.15) is 4.31 Å². The van der Waals surface area contributed by atoms with Crippen LogP contribution in [0.4, 0.5) is 0 Å². The quantitative estimate of drug-likeness (QED) is 0.831. The fourth-order valence-corrected chi connectivity index (χ4v) is 5.58. The third-order valence-corrected chi connectivity index (χ3v) is 7.49. The molecule has 0 spiro atoms. The summed E-state index contributed by atoms with van der Waals surface area (Å²) >= 11 is 1.21. The van der Waals surface area contributed by atoms with Gasteiger partial charge < -0.3 is 5.32 Å². The van der Waals surface area contributed by atoms with Gasteiger partial charge in [0.25, 0.3) is 10.0 Å². The van der Waals surface area contributed by atoms with E-state index in [-0.39, 0.29) is 18.4 Å². The van der Waals surface area contributed by atoms with E-state index in [0.29, 0.717) is 36.6 Å². The van der Waals surface area contributed by atoms with Gasteiger partial charge in [0.05, 0.1) is 5.92 Å². The Bertz CT molecular complexity index is 792. The Kier molecular flexibility index (Phi) is 5.82. The van der Waals surface area contributed by atoms with Crippen LogP contribution >= 0.6 is 11.3 Å². The maximum Gasteiger partial charge on any atom is 0.252 e. The van der Waals surface area contributed by atoms with E-state index < -0.39 is 10.0 Å². The number of hydrogen-bond donors (Lipinski definition) is 1. The molecule has 0 aliphatic carbocycles. The highest BCUT2D eigenvalue weighted by atomic mass is 32.2. The largest absolute Gasteiger partial charge is 0.355 e. The molecule has 0 aromatic carbocycles. The SMILES string of the molecule is O=C(NCCc1ccccn1)C1CCCN(S(=O)(=O)c2cccs2)C1. The van der Waals surface area contributed by atoms with Crippen molar-refractivity contribution in [1.29, 1.82) is 0 Å². The predicted octanol–water partition coefficient (Wildman–Crippen LogP) is 1.90. The summed E-state index contributed by atoms with van der Waals surface area (Å²) in [6.07, 6.45) is 3.80. The fourth-order valence-electron chi connectivity index (χ4n) is 2.92. The summed E-state index contributed by atoms with van der Waals surface area (Å²) in [4.78, 5) is 16.6. The maximum atomic E-state index is 12.6. The molecule has 1 aliphatic rings. The minimum Gasteiger partial charge on any atom is -0.355 e. The van der Waals surface area contributed by atoms with E-state index in [4.69, 9.17) is 0 Å². The molecule has 6 nitrogen and oxygen atoms in total. The van der Waals surface area contributed by atoms with Crippen molar-refractivity contribution in [3.8, 4) is 0 Å². The number of carbonyl (C=O) groups excluding carboxylic acids is 1. The summed E-state index contributed by atoms with van der Waals surface area (Å²) in [5.74, 6) is -0.380. The molecular formula is C17H21N3O3S2. The number of thiophene rings is 1. The second-order valence-electron chi connectivity index (χ2n) is 6.00. The van der Waals surface area contributed by atoms with Crippen molar-refractivity contribution < 1.29 is 13.2 Å². The van der Waals surface area contributed by atoms with Gasteiger partial charge >= 0.3 is 0 Å². The van der Waals surface area contributed by atoms with Crippen LogP contribution in [0, 0.1) is 5.92 Å². The molecule has 1 unspecified atom stereocenters. The summed E-state index contributed by atoms with van der Waals surface area (Å²) in [6.45, 7) is 1.22. The molecule has 25 heavy (non-hydrogen) atoms. The smallest absolute Gasteiger partial charge is 0.252 e. The first-order valence-corrected chi connectivity index (χ1v) is 10.6. The third kappa shape index (κ3) is 4.45. The number of carbonyl (C=O) groups is 1. The number of amides is 1. The highest BCUT2D eigenvalue weighted by Gasteiger charge is 2.33. The van der Waals surface area contributed by atoms with Gasteiger partial charge in [-0.3, -0.25) is 9.78 Å². The Labute approximate surface area is 151 Å². The first kappa shape index (κ1) is 18.0. The van der Waals surface area contributed by atoms with Crippen molar-refractivity contribution in [2.75, 3.05) is 19.6 Å². The minimum absolute atomic E-state index is 0.0815. The number of aromatic nitrogens is 1. The summed E-state index contributed by atoms with van der Waals surface area (Å²) in [6, 6.07) is 9.02. The number of sulfonamides is 1. The van der Waals surface area contributed by atoms with Crippen LogP contribution in [0.3, 0.4) is 0 Å². The molecule has 1 atom stereocenters. The van der Waals surface area contributed by atoms with Gasteiger partial charge in [0.1, 0.15) is 4.21 Å². The lowest BCUT2D eigenvalue weighted by Crippen LogP contribution is -2.45. The van der Waals surface area contributed by atoms with Gasteiger partial charge in [-0.05, 0) is 36.4 Å². The summed E-state index contributed by atoms with van der Waals surface area (Å²) < 4.78 is 27.0. The minimum atomic E-state index is -3.49. The molecule has 1 amide bonds. The van der Waals surface area contributed by atoms with E-state index in [2.05, 4.69) is 10.3 Å². The molecule has 134 valence electrons. The Balaban J connectivity index is 1.55. The first-order chi connectivity index (χ1) is 12.1. The second-order valence-corrected chi connectivity index (χ2v) is 9.11. The van der Waals surface area contributed by atoms with Crippen LogP contribution in [0.1, 0.15) is 18.5 Å². The Morgan fingerprint density at radius 2 is 2.20 bits per heavy atom. The Morgan fingerprint density at radius 3 is 2.92 bits per heavy atom. The zero-order chi connectivity index (χ0) is 17.7. The zero-order valence-electron chi connectivity index (χ0n) is 13.8. The fraction of sp³-hybridized carbons (Fsp3) is 0.412. The summed E-state index contributed by atoms with van der Waals surface area (Å²) in [5, 5.41) is 4.66. The molecule has 0 saturated carbocycles. The lowest BCUT2D eigenvalue weighted by atomic mass is 9.99. The van der Waals surface area contributed by atoms with Crippen molar-refractivity contribution in [3.05, 3.63) is 47.6 Å². The lowest BCUT2D eigenvalue weighted by Gasteiger charge is -2.30. The number of piperidine rings is 1. The first-order valence-electron chi connectivity index (χ1n) is 8.28. The predicted molar refractivity (Wildman–Crippen MR) is 96.8 cm³/mol. The van der Waals surface area contributed by atoms with Crippen LogP contribution in [-0.2, 0) is 21.2 Å². The van der Waals surface area contributed by atoms with Crippen molar-refractivity contribution in [3.63, 3.8) is 0 Å². The molecule has 0 bridgehead atoms. The van der Waals surface area contributed by atoms with Gasteiger partial charge in [-0.1, -0.05) is 12.1 Å². The van der Waals surface area contributed by atoms with Crippen LogP contribution in [0.2, 0.25) is 0 Å². The molecule has 1 fully saturated rings. The van der Waals surface area contributed by atoms with Crippen molar-refractivity contribution in [1.82, 2.24) is 14.6 Å². The summed E-state index contributed by atoms with van der Waals surface area (Å²) in [7, 11) is -3.49. The zero-order valence-corrected chi connectivity index (χ0v) is 15.4. The van der Waals surface area contributed by atoms with Gasteiger partial charge in [-0.25, -0.2) is 8.42 Å². The highest BCUT2D eigenvalue weighted by Crippen LogP contribution is 2.26. The number of pyridine rings is 1. The molecule has 3 rings (SSSR count). The molecule has 3 heterocycles. The van der Waals surface area contributed by atoms with Crippen molar-refractivity contribution in [2.45, 2.75) is 23.5 Å². The standard InChI is InChI=1S/C17H21N3O3S2/c21-17(19-10-8-15-6-1-2-9-18-15)14-5-3-11-20(13-14)25(22,23)16-7-4-12-24-16/h1-2,4,6-7,9,12,14H,3,5,8,10-11,13H2,(H,19,21). The molecule has 2 aromatic rings. The molecule has 0 radical (unpaired) electrons. The van der Waals surface area contributed by atoms with Crippen molar-refractivity contribution >= 4 is 27.3 Å². The topological polar surface area (TPSA) is 79.4 Å². The van der Waals surface area contributed by atoms with E-state index in [0.717, 1.165) is 5.69 Å². The number of rotatable bonds is 6. The van der Waals surface area contributed by atoms with Gasteiger partial charge in [0, 0.05) is 37.9 Å². The van der Waals surface area contributed by atoms with Gasteiger partial charge in [0.2, 0.25) is 5.91 Å².